The average Bonchev–Trinajstić information content (AvgIpc) is 2.42. The fraction of sp³-hybridized carbons (Fsp3) is 0.467. The summed E-state index contributed by atoms with van der Waals surface area (Å²) in [6, 6.07) is 7.21. The van der Waals surface area contributed by atoms with E-state index in [-0.39, 0.29) is 0 Å². The van der Waals surface area contributed by atoms with Crippen LogP contribution in [0.1, 0.15) is 29.3 Å². The summed E-state index contributed by atoms with van der Waals surface area (Å²) in [6.45, 7) is 5.38. The minimum absolute atomic E-state index is 0.380. The van der Waals surface area contributed by atoms with Gasteiger partial charge in [0.2, 0.25) is 0 Å². The third-order valence-electron chi connectivity index (χ3n) is 3.43. The van der Waals surface area contributed by atoms with Gasteiger partial charge in [0.15, 0.2) is 0 Å². The van der Waals surface area contributed by atoms with E-state index in [1.54, 1.807) is 12.1 Å². The molecule has 0 saturated carbocycles. The second-order valence-corrected chi connectivity index (χ2v) is 5.28. The zero-order valence-corrected chi connectivity index (χ0v) is 12.5. The van der Waals surface area contributed by atoms with Gasteiger partial charge in [-0.2, -0.15) is 13.2 Å². The maximum atomic E-state index is 10.8. The number of hydrogen-bond donors (Lipinski definition) is 2. The lowest BCUT2D eigenvalue weighted by molar-refractivity contribution is -0.192. The lowest BCUT2D eigenvalue weighted by Crippen LogP contribution is -2.45. The first kappa shape index (κ1) is 19.0. The van der Waals surface area contributed by atoms with Crippen LogP contribution in [-0.2, 0) is 11.3 Å². The van der Waals surface area contributed by atoms with Crippen LogP contribution in [0.5, 0.6) is 0 Å². The topological polar surface area (TPSA) is 77.8 Å². The van der Waals surface area contributed by atoms with Crippen molar-refractivity contribution in [1.82, 2.24) is 4.90 Å². The molecule has 2 rings (SSSR count). The molecule has 0 aliphatic carbocycles. The number of alkyl halides is 3. The summed E-state index contributed by atoms with van der Waals surface area (Å²) in [5.41, 5.74) is 1.47. The standard InChI is InChI=1S/C13H17NO2.C2HF3O2/c1-2-10-7-14(8-10)9-11-4-3-5-12(6-11)13(15)16;3-2(4,5)1(6)7/h3-6,10H,2,7-9H2,1H3,(H,15,16);(H,6,7). The minimum atomic E-state index is -5.08. The Morgan fingerprint density at radius 2 is 1.83 bits per heavy atom. The molecule has 8 heteroatoms. The number of hydrogen-bond acceptors (Lipinski definition) is 3. The van der Waals surface area contributed by atoms with Crippen LogP contribution >= 0.6 is 0 Å². The summed E-state index contributed by atoms with van der Waals surface area (Å²) in [7, 11) is 0. The zero-order valence-electron chi connectivity index (χ0n) is 12.5. The summed E-state index contributed by atoms with van der Waals surface area (Å²) in [5.74, 6) is -2.77. The number of carbonyl (C=O) groups is 2. The van der Waals surface area contributed by atoms with Gasteiger partial charge in [0, 0.05) is 19.6 Å². The highest BCUT2D eigenvalue weighted by atomic mass is 19.4. The molecular weight excluding hydrogens is 315 g/mol. The van der Waals surface area contributed by atoms with Crippen molar-refractivity contribution in [1.29, 1.82) is 0 Å². The average molecular weight is 333 g/mol. The highest BCUT2D eigenvalue weighted by molar-refractivity contribution is 5.87. The third kappa shape index (κ3) is 6.27. The molecule has 0 spiro atoms. The monoisotopic (exact) mass is 333 g/mol. The first-order chi connectivity index (χ1) is 10.6. The van der Waals surface area contributed by atoms with Crippen LogP contribution in [0.2, 0.25) is 0 Å². The van der Waals surface area contributed by atoms with Crippen LogP contribution in [0.3, 0.4) is 0 Å². The Labute approximate surface area is 131 Å². The molecule has 1 heterocycles. The number of benzene rings is 1. The van der Waals surface area contributed by atoms with Crippen LogP contribution in [0.15, 0.2) is 24.3 Å². The van der Waals surface area contributed by atoms with Gasteiger partial charge in [-0.15, -0.1) is 0 Å². The number of rotatable bonds is 4. The van der Waals surface area contributed by atoms with Crippen molar-refractivity contribution in [3.63, 3.8) is 0 Å². The second-order valence-electron chi connectivity index (χ2n) is 5.28. The number of aromatic carboxylic acids is 1. The largest absolute Gasteiger partial charge is 0.490 e. The summed E-state index contributed by atoms with van der Waals surface area (Å²) >= 11 is 0. The number of carboxylic acids is 2. The molecule has 23 heavy (non-hydrogen) atoms. The molecule has 1 aromatic carbocycles. The van der Waals surface area contributed by atoms with E-state index in [1.165, 1.54) is 6.42 Å². The molecule has 2 N–H and O–H groups in total. The first-order valence-corrected chi connectivity index (χ1v) is 6.98. The highest BCUT2D eigenvalue weighted by Crippen LogP contribution is 2.21. The number of halogens is 3. The minimum Gasteiger partial charge on any atom is -0.478 e. The third-order valence-corrected chi connectivity index (χ3v) is 3.43. The van der Waals surface area contributed by atoms with Gasteiger partial charge in [0.05, 0.1) is 5.56 Å². The fourth-order valence-electron chi connectivity index (χ4n) is 2.13. The van der Waals surface area contributed by atoms with Gasteiger partial charge in [0.25, 0.3) is 0 Å². The lowest BCUT2D eigenvalue weighted by atomic mass is 9.96. The van der Waals surface area contributed by atoms with Crippen molar-refractivity contribution in [3.05, 3.63) is 35.4 Å². The molecule has 0 aromatic heterocycles. The Balaban J connectivity index is 0.000000322. The quantitative estimate of drug-likeness (QED) is 0.886. The van der Waals surface area contributed by atoms with E-state index in [0.717, 1.165) is 31.1 Å². The molecule has 0 bridgehead atoms. The molecule has 1 aliphatic heterocycles. The van der Waals surface area contributed by atoms with Crippen LogP contribution in [0.4, 0.5) is 13.2 Å². The van der Waals surface area contributed by atoms with Crippen LogP contribution in [0, 0.1) is 5.92 Å². The molecule has 0 radical (unpaired) electrons. The number of carboxylic acid groups (broad SMARTS) is 2. The van der Waals surface area contributed by atoms with Gasteiger partial charge in [-0.25, -0.2) is 9.59 Å². The van der Waals surface area contributed by atoms with E-state index < -0.39 is 18.1 Å². The van der Waals surface area contributed by atoms with E-state index in [2.05, 4.69) is 11.8 Å². The van der Waals surface area contributed by atoms with Gasteiger partial charge in [0.1, 0.15) is 0 Å². The normalized spacial score (nSPS) is 15.3. The molecule has 128 valence electrons. The Bertz CT molecular complexity index is 554. The summed E-state index contributed by atoms with van der Waals surface area (Å²) in [4.78, 5) is 22.1. The maximum absolute atomic E-state index is 10.8. The van der Waals surface area contributed by atoms with Crippen molar-refractivity contribution in [2.45, 2.75) is 26.1 Å². The molecule has 1 aromatic rings. The smallest absolute Gasteiger partial charge is 0.478 e. The number of likely N-dealkylation sites (tertiary alicyclic amines) is 1. The van der Waals surface area contributed by atoms with Crippen molar-refractivity contribution in [2.24, 2.45) is 5.92 Å². The summed E-state index contributed by atoms with van der Waals surface area (Å²) in [6.07, 6.45) is -3.84. The predicted octanol–water partition coefficient (Wildman–Crippen LogP) is 2.86. The van der Waals surface area contributed by atoms with Gasteiger partial charge >= 0.3 is 18.1 Å². The first-order valence-electron chi connectivity index (χ1n) is 6.98. The van der Waals surface area contributed by atoms with Crippen molar-refractivity contribution in [3.8, 4) is 0 Å². The summed E-state index contributed by atoms with van der Waals surface area (Å²) in [5, 5.41) is 16.0. The van der Waals surface area contributed by atoms with Crippen LogP contribution < -0.4 is 0 Å². The molecule has 1 fully saturated rings. The van der Waals surface area contributed by atoms with Crippen LogP contribution in [0.25, 0.3) is 0 Å². The highest BCUT2D eigenvalue weighted by Gasteiger charge is 2.38. The van der Waals surface area contributed by atoms with Crippen molar-refractivity contribution in [2.75, 3.05) is 13.1 Å². The molecule has 5 nitrogen and oxygen atoms in total. The van der Waals surface area contributed by atoms with E-state index in [4.69, 9.17) is 15.0 Å². The van der Waals surface area contributed by atoms with E-state index in [9.17, 15) is 18.0 Å². The Kier molecular flexibility index (Phi) is 6.56. The zero-order chi connectivity index (χ0) is 17.6. The van der Waals surface area contributed by atoms with E-state index >= 15 is 0 Å². The van der Waals surface area contributed by atoms with Crippen LogP contribution in [-0.4, -0.2) is 46.3 Å². The van der Waals surface area contributed by atoms with Crippen molar-refractivity contribution < 1.29 is 33.0 Å². The van der Waals surface area contributed by atoms with Gasteiger partial charge in [-0.05, 0) is 23.6 Å². The van der Waals surface area contributed by atoms with Gasteiger partial charge in [-0.3, -0.25) is 4.90 Å². The molecular formula is C15H18F3NO4. The van der Waals surface area contributed by atoms with Gasteiger partial charge < -0.3 is 10.2 Å². The second kappa shape index (κ2) is 7.96. The molecule has 0 atom stereocenters. The molecule has 1 aliphatic rings. The number of aliphatic carboxylic acids is 1. The molecule has 0 amide bonds. The maximum Gasteiger partial charge on any atom is 0.490 e. The summed E-state index contributed by atoms with van der Waals surface area (Å²) < 4.78 is 31.7. The molecule has 0 unspecified atom stereocenters. The molecule has 1 saturated heterocycles. The van der Waals surface area contributed by atoms with E-state index in [0.29, 0.717) is 5.56 Å². The number of nitrogens with zero attached hydrogens (tertiary/aromatic N) is 1. The Morgan fingerprint density at radius 3 is 2.26 bits per heavy atom. The Hall–Kier alpha value is -2.09. The predicted molar refractivity (Wildman–Crippen MR) is 76.2 cm³/mol. The van der Waals surface area contributed by atoms with Gasteiger partial charge in [-0.1, -0.05) is 25.5 Å². The van der Waals surface area contributed by atoms with Crippen molar-refractivity contribution >= 4 is 11.9 Å². The fourth-order valence-corrected chi connectivity index (χ4v) is 2.13. The lowest BCUT2D eigenvalue weighted by Gasteiger charge is -2.38. The SMILES string of the molecule is CCC1CN(Cc2cccc(C(=O)O)c2)C1.O=C(O)C(F)(F)F. The Morgan fingerprint density at radius 1 is 1.26 bits per heavy atom. The van der Waals surface area contributed by atoms with E-state index in [1.807, 2.05) is 12.1 Å².